The molecule has 0 bridgehead atoms. The number of hydrogen-bond acceptors (Lipinski definition) is 3. The molecule has 2 N–H and O–H groups in total. The van der Waals surface area contributed by atoms with Crippen molar-refractivity contribution >= 4 is 12.1 Å². The van der Waals surface area contributed by atoms with Crippen LogP contribution < -0.4 is 15.4 Å². The minimum atomic E-state index is -0.589. The SMILES string of the molecule is O=C(NC(=NCc1ccccc1)NCc1ccccc1)Oc1ccccc1. The van der Waals surface area contributed by atoms with E-state index in [1.54, 1.807) is 24.3 Å². The zero-order valence-corrected chi connectivity index (χ0v) is 14.8. The first-order valence-corrected chi connectivity index (χ1v) is 8.69. The van der Waals surface area contributed by atoms with Crippen molar-refractivity contribution in [2.45, 2.75) is 13.1 Å². The van der Waals surface area contributed by atoms with E-state index in [1.807, 2.05) is 66.7 Å². The molecule has 0 spiro atoms. The van der Waals surface area contributed by atoms with Crippen molar-refractivity contribution in [2.75, 3.05) is 0 Å². The Hall–Kier alpha value is -3.60. The number of para-hydroxylation sites is 1. The number of carbonyl (C=O) groups excluding carboxylic acids is 1. The molecule has 3 aromatic rings. The van der Waals surface area contributed by atoms with Crippen LogP contribution in [0.4, 0.5) is 4.79 Å². The smallest absolute Gasteiger partial charge is 0.410 e. The van der Waals surface area contributed by atoms with Crippen LogP contribution in [0.25, 0.3) is 0 Å². The highest BCUT2D eigenvalue weighted by Crippen LogP contribution is 2.08. The molecule has 0 fully saturated rings. The van der Waals surface area contributed by atoms with Gasteiger partial charge in [-0.25, -0.2) is 9.79 Å². The summed E-state index contributed by atoms with van der Waals surface area (Å²) in [7, 11) is 0. The lowest BCUT2D eigenvalue weighted by Crippen LogP contribution is -2.42. The van der Waals surface area contributed by atoms with E-state index in [2.05, 4.69) is 15.6 Å². The van der Waals surface area contributed by atoms with Gasteiger partial charge in [-0.15, -0.1) is 0 Å². The van der Waals surface area contributed by atoms with Crippen molar-refractivity contribution in [3.63, 3.8) is 0 Å². The lowest BCUT2D eigenvalue weighted by Gasteiger charge is -2.12. The highest BCUT2D eigenvalue weighted by atomic mass is 16.6. The molecule has 0 saturated carbocycles. The number of benzene rings is 3. The van der Waals surface area contributed by atoms with Crippen LogP contribution in [0.1, 0.15) is 11.1 Å². The number of ether oxygens (including phenoxy) is 1. The molecule has 0 radical (unpaired) electrons. The standard InChI is InChI=1S/C22H21N3O2/c26-22(27-20-14-8-3-9-15-20)25-21(23-16-18-10-4-1-5-11-18)24-17-19-12-6-2-7-13-19/h1-15H,16-17H2,(H2,23,24,25,26). The van der Waals surface area contributed by atoms with Gasteiger partial charge in [0.1, 0.15) is 5.75 Å². The van der Waals surface area contributed by atoms with Gasteiger partial charge in [-0.05, 0) is 23.3 Å². The van der Waals surface area contributed by atoms with Gasteiger partial charge in [-0.3, -0.25) is 5.32 Å². The average molecular weight is 359 g/mol. The molecule has 3 aromatic carbocycles. The van der Waals surface area contributed by atoms with Crippen molar-refractivity contribution in [3.8, 4) is 5.75 Å². The van der Waals surface area contributed by atoms with Gasteiger partial charge in [0.15, 0.2) is 0 Å². The highest BCUT2D eigenvalue weighted by molar-refractivity contribution is 5.94. The van der Waals surface area contributed by atoms with Crippen LogP contribution in [0, 0.1) is 0 Å². The fraction of sp³-hybridized carbons (Fsp3) is 0.0909. The van der Waals surface area contributed by atoms with Crippen molar-refractivity contribution in [1.82, 2.24) is 10.6 Å². The van der Waals surface area contributed by atoms with Gasteiger partial charge in [0.2, 0.25) is 5.96 Å². The Morgan fingerprint density at radius 1 is 0.778 bits per heavy atom. The summed E-state index contributed by atoms with van der Waals surface area (Å²) in [5, 5.41) is 5.84. The van der Waals surface area contributed by atoms with Crippen LogP contribution in [0.2, 0.25) is 0 Å². The fourth-order valence-corrected chi connectivity index (χ4v) is 2.39. The minimum absolute atomic E-state index is 0.364. The Bertz CT molecular complexity index is 866. The number of guanidine groups is 1. The molecule has 0 aromatic heterocycles. The number of nitrogens with zero attached hydrogens (tertiary/aromatic N) is 1. The molecule has 0 heterocycles. The lowest BCUT2D eigenvalue weighted by molar-refractivity contribution is 0.205. The molecular formula is C22H21N3O2. The van der Waals surface area contributed by atoms with Crippen LogP contribution in [0.3, 0.4) is 0 Å². The molecule has 0 aliphatic rings. The third-order valence-corrected chi connectivity index (χ3v) is 3.74. The summed E-state index contributed by atoms with van der Waals surface area (Å²) >= 11 is 0. The summed E-state index contributed by atoms with van der Waals surface area (Å²) in [5.74, 6) is 0.837. The maximum Gasteiger partial charge on any atom is 0.419 e. The molecular weight excluding hydrogens is 338 g/mol. The first kappa shape index (κ1) is 18.2. The number of rotatable bonds is 5. The second kappa shape index (κ2) is 9.77. The maximum atomic E-state index is 12.2. The Balaban J connectivity index is 1.65. The van der Waals surface area contributed by atoms with Gasteiger partial charge in [-0.2, -0.15) is 0 Å². The molecule has 0 unspecified atom stereocenters. The molecule has 0 aliphatic carbocycles. The predicted molar refractivity (Wildman–Crippen MR) is 106 cm³/mol. The number of carbonyl (C=O) groups is 1. The molecule has 0 aliphatic heterocycles. The number of hydrogen-bond donors (Lipinski definition) is 2. The highest BCUT2D eigenvalue weighted by Gasteiger charge is 2.08. The topological polar surface area (TPSA) is 62.7 Å². The van der Waals surface area contributed by atoms with Crippen molar-refractivity contribution in [2.24, 2.45) is 4.99 Å². The van der Waals surface area contributed by atoms with E-state index in [0.29, 0.717) is 24.8 Å². The summed E-state index contributed by atoms with van der Waals surface area (Å²) in [6.45, 7) is 0.990. The van der Waals surface area contributed by atoms with Gasteiger partial charge in [0, 0.05) is 6.54 Å². The molecule has 5 heteroatoms. The third-order valence-electron chi connectivity index (χ3n) is 3.74. The Labute approximate surface area is 158 Å². The van der Waals surface area contributed by atoms with E-state index in [-0.39, 0.29) is 0 Å². The fourth-order valence-electron chi connectivity index (χ4n) is 2.39. The minimum Gasteiger partial charge on any atom is -0.410 e. The van der Waals surface area contributed by atoms with Crippen LogP contribution >= 0.6 is 0 Å². The monoisotopic (exact) mass is 359 g/mol. The van der Waals surface area contributed by atoms with E-state index in [4.69, 9.17) is 4.74 Å². The van der Waals surface area contributed by atoms with E-state index >= 15 is 0 Å². The first-order chi connectivity index (χ1) is 13.3. The van der Waals surface area contributed by atoms with Crippen LogP contribution in [0.5, 0.6) is 5.75 Å². The van der Waals surface area contributed by atoms with E-state index in [0.717, 1.165) is 11.1 Å². The normalized spacial score (nSPS) is 10.9. The summed E-state index contributed by atoms with van der Waals surface area (Å²) in [5.41, 5.74) is 2.14. The number of nitrogens with one attached hydrogen (secondary N) is 2. The lowest BCUT2D eigenvalue weighted by atomic mass is 10.2. The Morgan fingerprint density at radius 3 is 1.96 bits per heavy atom. The predicted octanol–water partition coefficient (Wildman–Crippen LogP) is 4.12. The quantitative estimate of drug-likeness (QED) is 0.532. The Morgan fingerprint density at radius 2 is 1.33 bits per heavy atom. The maximum absolute atomic E-state index is 12.2. The van der Waals surface area contributed by atoms with Gasteiger partial charge in [-0.1, -0.05) is 78.9 Å². The second-order valence-corrected chi connectivity index (χ2v) is 5.82. The van der Waals surface area contributed by atoms with Crippen LogP contribution in [0.15, 0.2) is 96.0 Å². The average Bonchev–Trinajstić information content (AvgIpc) is 2.72. The molecule has 5 nitrogen and oxygen atoms in total. The summed E-state index contributed by atoms with van der Waals surface area (Å²) in [4.78, 5) is 16.7. The summed E-state index contributed by atoms with van der Waals surface area (Å²) in [6.07, 6.45) is -0.589. The molecule has 27 heavy (non-hydrogen) atoms. The van der Waals surface area contributed by atoms with Crippen molar-refractivity contribution in [1.29, 1.82) is 0 Å². The zero-order valence-electron chi connectivity index (χ0n) is 14.8. The molecule has 0 atom stereocenters. The van der Waals surface area contributed by atoms with Gasteiger partial charge in [0.25, 0.3) is 0 Å². The summed E-state index contributed by atoms with van der Waals surface area (Å²) in [6, 6.07) is 28.7. The van der Waals surface area contributed by atoms with Gasteiger partial charge in [0.05, 0.1) is 6.54 Å². The number of amides is 1. The summed E-state index contributed by atoms with van der Waals surface area (Å²) < 4.78 is 5.28. The number of aliphatic imine (C=N–C) groups is 1. The molecule has 3 rings (SSSR count). The van der Waals surface area contributed by atoms with E-state index < -0.39 is 6.09 Å². The first-order valence-electron chi connectivity index (χ1n) is 8.69. The van der Waals surface area contributed by atoms with Crippen LogP contribution in [-0.4, -0.2) is 12.1 Å². The zero-order chi connectivity index (χ0) is 18.7. The van der Waals surface area contributed by atoms with Crippen LogP contribution in [-0.2, 0) is 13.1 Å². The second-order valence-electron chi connectivity index (χ2n) is 5.82. The molecule has 1 amide bonds. The third kappa shape index (κ3) is 6.32. The largest absolute Gasteiger partial charge is 0.419 e. The van der Waals surface area contributed by atoms with E-state index in [1.165, 1.54) is 0 Å². The van der Waals surface area contributed by atoms with Gasteiger partial charge < -0.3 is 10.1 Å². The van der Waals surface area contributed by atoms with Crippen molar-refractivity contribution < 1.29 is 9.53 Å². The van der Waals surface area contributed by atoms with E-state index in [9.17, 15) is 4.79 Å². The van der Waals surface area contributed by atoms with Gasteiger partial charge >= 0.3 is 6.09 Å². The van der Waals surface area contributed by atoms with Crippen molar-refractivity contribution in [3.05, 3.63) is 102 Å². The molecule has 0 saturated heterocycles. The molecule has 136 valence electrons. The Kier molecular flexibility index (Phi) is 6.59.